The molecule has 3 rings (SSSR count). The van der Waals surface area contributed by atoms with E-state index in [1.54, 1.807) is 0 Å². The highest BCUT2D eigenvalue weighted by Crippen LogP contribution is 2.24. The van der Waals surface area contributed by atoms with E-state index in [1.165, 1.54) is 5.56 Å². The lowest BCUT2D eigenvalue weighted by Crippen LogP contribution is -2.43. The second-order valence-electron chi connectivity index (χ2n) is 7.52. The quantitative estimate of drug-likeness (QED) is 0.192. The molecule has 3 N–H and O–H groups in total. The van der Waals surface area contributed by atoms with Crippen molar-refractivity contribution >= 4 is 41.5 Å². The Kier molecular flexibility index (Phi) is 10.9. The van der Waals surface area contributed by atoms with Crippen molar-refractivity contribution in [2.45, 2.75) is 25.8 Å². The van der Waals surface area contributed by atoms with E-state index in [0.29, 0.717) is 19.0 Å². The molecule has 1 aliphatic heterocycles. The van der Waals surface area contributed by atoms with Gasteiger partial charge in [0.25, 0.3) is 0 Å². The van der Waals surface area contributed by atoms with Gasteiger partial charge in [0.2, 0.25) is 5.91 Å². The molecule has 0 bridgehead atoms. The van der Waals surface area contributed by atoms with Gasteiger partial charge in [0.1, 0.15) is 6.54 Å². The highest BCUT2D eigenvalue weighted by atomic mass is 127. The van der Waals surface area contributed by atoms with Crippen molar-refractivity contribution in [1.82, 2.24) is 15.5 Å². The highest BCUT2D eigenvalue weighted by molar-refractivity contribution is 14.0. The average molecular weight is 575 g/mol. The fourth-order valence-electron chi connectivity index (χ4n) is 3.68. The van der Waals surface area contributed by atoms with Gasteiger partial charge < -0.3 is 16.0 Å². The number of nitrogens with one attached hydrogen (secondary N) is 3. The molecule has 1 fully saturated rings. The van der Waals surface area contributed by atoms with Crippen LogP contribution in [0.15, 0.2) is 47.5 Å². The van der Waals surface area contributed by atoms with Crippen LogP contribution in [0.4, 0.5) is 18.9 Å². The molecular formula is C23H29F3IN5O. The minimum absolute atomic E-state index is 0. The molecular weight excluding hydrogens is 546 g/mol. The monoisotopic (exact) mass is 575 g/mol. The second kappa shape index (κ2) is 13.4. The summed E-state index contributed by atoms with van der Waals surface area (Å²) in [5.41, 5.74) is 0.768. The Morgan fingerprint density at radius 2 is 1.73 bits per heavy atom. The summed E-state index contributed by atoms with van der Waals surface area (Å²) in [6.07, 6.45) is 2.33. The smallest absolute Gasteiger partial charge is 0.246 e. The molecule has 6 nitrogen and oxygen atoms in total. The number of hydrogen-bond acceptors (Lipinski definition) is 3. The predicted octanol–water partition coefficient (Wildman–Crippen LogP) is 4.05. The van der Waals surface area contributed by atoms with Crippen LogP contribution in [0.5, 0.6) is 0 Å². The molecule has 10 heteroatoms. The molecule has 1 saturated heterocycles. The van der Waals surface area contributed by atoms with Crippen LogP contribution in [0.2, 0.25) is 0 Å². The molecule has 0 saturated carbocycles. The number of anilines is 1. The van der Waals surface area contributed by atoms with E-state index in [0.717, 1.165) is 38.1 Å². The van der Waals surface area contributed by atoms with E-state index < -0.39 is 29.0 Å². The first kappa shape index (κ1) is 26.9. The summed E-state index contributed by atoms with van der Waals surface area (Å²) < 4.78 is 40.2. The Hall–Kier alpha value is -2.34. The number of halogens is 4. The number of rotatable bonds is 8. The molecule has 1 unspecified atom stereocenters. The molecule has 0 spiro atoms. The highest BCUT2D eigenvalue weighted by Gasteiger charge is 2.23. The topological polar surface area (TPSA) is 68.8 Å². The molecule has 1 atom stereocenters. The van der Waals surface area contributed by atoms with Gasteiger partial charge in [0.05, 0.1) is 11.7 Å². The standard InChI is InChI=1S/C23H28F3N5O.HI/c1-2-27-23(29-15-20(32)30-18-11-10-17(24)21(25)22(18)26)28-14-19(31-12-6-7-13-31)16-8-4-3-5-9-16;/h3-5,8-11,19H,2,6-7,12-15H2,1H3,(H,30,32)(H2,27,28,29);1H. The Bertz CT molecular complexity index is 939. The summed E-state index contributed by atoms with van der Waals surface area (Å²) in [5, 5.41) is 8.58. The number of carbonyl (C=O) groups excluding carboxylic acids is 1. The summed E-state index contributed by atoms with van der Waals surface area (Å²) >= 11 is 0. The number of hydrogen-bond donors (Lipinski definition) is 3. The Balaban J connectivity index is 0.00000385. The summed E-state index contributed by atoms with van der Waals surface area (Å²) in [6, 6.07) is 12.1. The largest absolute Gasteiger partial charge is 0.357 e. The van der Waals surface area contributed by atoms with Crippen LogP contribution in [0, 0.1) is 17.5 Å². The lowest BCUT2D eigenvalue weighted by Gasteiger charge is -2.29. The van der Waals surface area contributed by atoms with Gasteiger partial charge in [-0.15, -0.1) is 24.0 Å². The number of carbonyl (C=O) groups is 1. The van der Waals surface area contributed by atoms with Crippen LogP contribution in [-0.2, 0) is 4.79 Å². The van der Waals surface area contributed by atoms with Crippen molar-refractivity contribution in [1.29, 1.82) is 0 Å². The van der Waals surface area contributed by atoms with Crippen LogP contribution in [0.25, 0.3) is 0 Å². The lowest BCUT2D eigenvalue weighted by molar-refractivity contribution is -0.114. The van der Waals surface area contributed by atoms with Crippen molar-refractivity contribution in [3.63, 3.8) is 0 Å². The van der Waals surface area contributed by atoms with Crippen molar-refractivity contribution in [2.24, 2.45) is 4.99 Å². The zero-order valence-corrected chi connectivity index (χ0v) is 20.7. The van der Waals surface area contributed by atoms with Crippen LogP contribution in [0.1, 0.15) is 31.4 Å². The maximum Gasteiger partial charge on any atom is 0.246 e. The maximum atomic E-state index is 13.8. The van der Waals surface area contributed by atoms with Gasteiger partial charge >= 0.3 is 0 Å². The van der Waals surface area contributed by atoms with Crippen molar-refractivity contribution in [2.75, 3.05) is 38.0 Å². The Morgan fingerprint density at radius 1 is 1.03 bits per heavy atom. The molecule has 0 aliphatic carbocycles. The van der Waals surface area contributed by atoms with Crippen LogP contribution in [0.3, 0.4) is 0 Å². The normalized spacial score (nSPS) is 15.0. The number of likely N-dealkylation sites (tertiary alicyclic amines) is 1. The van der Waals surface area contributed by atoms with Gasteiger partial charge in [0.15, 0.2) is 23.4 Å². The number of nitrogens with zero attached hydrogens (tertiary/aromatic N) is 2. The number of benzene rings is 2. The first-order valence-corrected chi connectivity index (χ1v) is 10.7. The Labute approximate surface area is 209 Å². The molecule has 33 heavy (non-hydrogen) atoms. The SMILES string of the molecule is CCNC(=NCC(=O)Nc1ccc(F)c(F)c1F)NCC(c1ccccc1)N1CCCC1.I. The van der Waals surface area contributed by atoms with Crippen molar-refractivity contribution in [3.8, 4) is 0 Å². The van der Waals surface area contributed by atoms with Crippen molar-refractivity contribution < 1.29 is 18.0 Å². The molecule has 1 heterocycles. The first-order valence-electron chi connectivity index (χ1n) is 10.7. The van der Waals surface area contributed by atoms with E-state index in [4.69, 9.17) is 0 Å². The minimum Gasteiger partial charge on any atom is -0.357 e. The molecule has 1 amide bonds. The molecule has 0 aromatic heterocycles. The third-order valence-electron chi connectivity index (χ3n) is 5.26. The number of guanidine groups is 1. The molecule has 2 aromatic carbocycles. The number of amides is 1. The lowest BCUT2D eigenvalue weighted by atomic mass is 10.1. The van der Waals surface area contributed by atoms with E-state index in [-0.39, 0.29) is 36.6 Å². The number of aliphatic imine (C=N–C) groups is 1. The molecule has 2 aromatic rings. The summed E-state index contributed by atoms with van der Waals surface area (Å²) in [6.45, 7) is 4.82. The zero-order chi connectivity index (χ0) is 22.9. The summed E-state index contributed by atoms with van der Waals surface area (Å²) in [4.78, 5) is 18.8. The fraction of sp³-hybridized carbons (Fsp3) is 0.391. The fourth-order valence-corrected chi connectivity index (χ4v) is 3.68. The van der Waals surface area contributed by atoms with Gasteiger partial charge in [0, 0.05) is 13.1 Å². The van der Waals surface area contributed by atoms with Gasteiger partial charge in [-0.3, -0.25) is 9.69 Å². The van der Waals surface area contributed by atoms with Gasteiger partial charge in [-0.25, -0.2) is 18.2 Å². The van der Waals surface area contributed by atoms with Crippen LogP contribution >= 0.6 is 24.0 Å². The molecule has 0 radical (unpaired) electrons. The average Bonchev–Trinajstić information content (AvgIpc) is 3.33. The van der Waals surface area contributed by atoms with Gasteiger partial charge in [-0.1, -0.05) is 30.3 Å². The van der Waals surface area contributed by atoms with Gasteiger partial charge in [-0.05, 0) is 50.6 Å². The first-order chi connectivity index (χ1) is 15.5. The van der Waals surface area contributed by atoms with E-state index in [1.807, 2.05) is 25.1 Å². The van der Waals surface area contributed by atoms with E-state index >= 15 is 0 Å². The van der Waals surface area contributed by atoms with E-state index in [2.05, 4.69) is 38.0 Å². The minimum atomic E-state index is -1.63. The third-order valence-corrected chi connectivity index (χ3v) is 5.26. The summed E-state index contributed by atoms with van der Waals surface area (Å²) in [7, 11) is 0. The summed E-state index contributed by atoms with van der Waals surface area (Å²) in [5.74, 6) is -4.60. The zero-order valence-electron chi connectivity index (χ0n) is 18.4. The van der Waals surface area contributed by atoms with Crippen molar-refractivity contribution in [3.05, 3.63) is 65.5 Å². The Morgan fingerprint density at radius 3 is 2.39 bits per heavy atom. The predicted molar refractivity (Wildman–Crippen MR) is 134 cm³/mol. The van der Waals surface area contributed by atoms with Crippen LogP contribution < -0.4 is 16.0 Å². The molecule has 180 valence electrons. The van der Waals surface area contributed by atoms with E-state index in [9.17, 15) is 18.0 Å². The second-order valence-corrected chi connectivity index (χ2v) is 7.52. The molecule has 1 aliphatic rings. The third kappa shape index (κ3) is 7.60. The van der Waals surface area contributed by atoms with Gasteiger partial charge in [-0.2, -0.15) is 0 Å². The van der Waals surface area contributed by atoms with Crippen LogP contribution in [-0.4, -0.2) is 49.5 Å². The maximum absolute atomic E-state index is 13.8.